The smallest absolute Gasteiger partial charge is 0.248 e. The molecule has 1 aliphatic rings. The van der Waals surface area contributed by atoms with Gasteiger partial charge in [-0.05, 0) is 43.5 Å². The van der Waals surface area contributed by atoms with Crippen LogP contribution in [0.25, 0.3) is 0 Å². The topological polar surface area (TPSA) is 96.3 Å². The molecule has 0 spiro atoms. The molecule has 1 aromatic heterocycles. The van der Waals surface area contributed by atoms with Crippen molar-refractivity contribution < 1.29 is 14.1 Å². The molecule has 0 fully saturated rings. The number of benzene rings is 1. The van der Waals surface area contributed by atoms with Gasteiger partial charge in [0.1, 0.15) is 11.8 Å². The number of nitrogens with zero attached hydrogens (tertiary/aromatic N) is 1. The maximum atomic E-state index is 12.7. The second kappa shape index (κ2) is 8.03. The molecule has 1 atom stereocenters. The van der Waals surface area contributed by atoms with Gasteiger partial charge in [-0.25, -0.2) is 0 Å². The van der Waals surface area contributed by atoms with Crippen molar-refractivity contribution in [2.24, 2.45) is 0 Å². The summed E-state index contributed by atoms with van der Waals surface area (Å²) in [5, 5.41) is 12.8. The van der Waals surface area contributed by atoms with Crippen LogP contribution >= 0.6 is 0 Å². The minimum atomic E-state index is -0.372. The van der Waals surface area contributed by atoms with Crippen LogP contribution in [-0.4, -0.2) is 23.0 Å². The Morgan fingerprint density at radius 3 is 2.92 bits per heavy atom. The predicted molar refractivity (Wildman–Crippen MR) is 100 cm³/mol. The van der Waals surface area contributed by atoms with Crippen LogP contribution in [0.2, 0.25) is 0 Å². The molecule has 7 heteroatoms. The van der Waals surface area contributed by atoms with Crippen molar-refractivity contribution in [1.29, 1.82) is 0 Å². The Morgan fingerprint density at radius 1 is 1.35 bits per heavy atom. The summed E-state index contributed by atoms with van der Waals surface area (Å²) < 4.78 is 5.00. The minimum absolute atomic E-state index is 0.0429. The molecule has 3 N–H and O–H groups in total. The SMILES string of the molecule is CCCCC(Nc1ccc2c(c1)CCC(=O)N2)C(=O)Nc1cc(C)on1. The van der Waals surface area contributed by atoms with Crippen molar-refractivity contribution in [1.82, 2.24) is 5.16 Å². The van der Waals surface area contributed by atoms with Crippen LogP contribution < -0.4 is 16.0 Å². The van der Waals surface area contributed by atoms with E-state index in [1.54, 1.807) is 13.0 Å². The molecule has 26 heavy (non-hydrogen) atoms. The van der Waals surface area contributed by atoms with E-state index in [0.29, 0.717) is 30.8 Å². The third kappa shape index (κ3) is 4.41. The lowest BCUT2D eigenvalue weighted by molar-refractivity contribution is -0.117. The van der Waals surface area contributed by atoms with Crippen molar-refractivity contribution in [3.05, 3.63) is 35.6 Å². The number of unbranched alkanes of at least 4 members (excludes halogenated alkanes) is 1. The first-order valence-corrected chi connectivity index (χ1v) is 8.98. The van der Waals surface area contributed by atoms with Crippen LogP contribution in [-0.2, 0) is 16.0 Å². The second-order valence-corrected chi connectivity index (χ2v) is 6.57. The second-order valence-electron chi connectivity index (χ2n) is 6.57. The lowest BCUT2D eigenvalue weighted by Crippen LogP contribution is -2.35. The van der Waals surface area contributed by atoms with E-state index in [1.807, 2.05) is 18.2 Å². The van der Waals surface area contributed by atoms with E-state index in [2.05, 4.69) is 28.0 Å². The Morgan fingerprint density at radius 2 is 2.19 bits per heavy atom. The maximum Gasteiger partial charge on any atom is 0.248 e. The zero-order valence-corrected chi connectivity index (χ0v) is 15.1. The average molecular weight is 356 g/mol. The van der Waals surface area contributed by atoms with Crippen molar-refractivity contribution in [3.63, 3.8) is 0 Å². The quantitative estimate of drug-likeness (QED) is 0.706. The lowest BCUT2D eigenvalue weighted by Gasteiger charge is -2.21. The number of anilines is 3. The first-order chi connectivity index (χ1) is 12.5. The summed E-state index contributed by atoms with van der Waals surface area (Å²) in [7, 11) is 0. The van der Waals surface area contributed by atoms with Crippen molar-refractivity contribution in [3.8, 4) is 0 Å². The van der Waals surface area contributed by atoms with E-state index in [9.17, 15) is 9.59 Å². The van der Waals surface area contributed by atoms with Gasteiger partial charge in [-0.15, -0.1) is 0 Å². The lowest BCUT2D eigenvalue weighted by atomic mass is 10.0. The molecule has 0 aliphatic carbocycles. The summed E-state index contributed by atoms with van der Waals surface area (Å²) in [4.78, 5) is 24.1. The number of aryl methyl sites for hydroxylation is 2. The van der Waals surface area contributed by atoms with Gasteiger partial charge in [0.25, 0.3) is 0 Å². The van der Waals surface area contributed by atoms with Gasteiger partial charge in [0.05, 0.1) is 0 Å². The van der Waals surface area contributed by atoms with Crippen LogP contribution in [0.4, 0.5) is 17.2 Å². The van der Waals surface area contributed by atoms with Gasteiger partial charge in [-0.1, -0.05) is 24.9 Å². The monoisotopic (exact) mass is 356 g/mol. The number of hydrogen-bond donors (Lipinski definition) is 3. The van der Waals surface area contributed by atoms with Gasteiger partial charge in [-0.2, -0.15) is 0 Å². The molecule has 1 aromatic carbocycles. The molecule has 2 amide bonds. The number of fused-ring (bicyclic) bond motifs is 1. The molecule has 2 aromatic rings. The predicted octanol–water partition coefficient (Wildman–Crippen LogP) is 3.48. The summed E-state index contributed by atoms with van der Waals surface area (Å²) in [5.74, 6) is 0.971. The van der Waals surface area contributed by atoms with Crippen molar-refractivity contribution in [2.45, 2.75) is 52.0 Å². The zero-order chi connectivity index (χ0) is 18.5. The Kier molecular flexibility index (Phi) is 5.55. The van der Waals surface area contributed by atoms with Crippen LogP contribution in [0.5, 0.6) is 0 Å². The third-order valence-electron chi connectivity index (χ3n) is 4.38. The van der Waals surface area contributed by atoms with Crippen LogP contribution in [0.3, 0.4) is 0 Å². The third-order valence-corrected chi connectivity index (χ3v) is 4.38. The van der Waals surface area contributed by atoms with Gasteiger partial charge in [0, 0.05) is 23.9 Å². The van der Waals surface area contributed by atoms with Crippen molar-refractivity contribution >= 4 is 29.0 Å². The van der Waals surface area contributed by atoms with E-state index < -0.39 is 0 Å². The first-order valence-electron chi connectivity index (χ1n) is 8.98. The van der Waals surface area contributed by atoms with Gasteiger partial charge in [0.15, 0.2) is 5.82 Å². The molecular weight excluding hydrogens is 332 g/mol. The number of rotatable bonds is 7. The molecule has 1 unspecified atom stereocenters. The minimum Gasteiger partial charge on any atom is -0.374 e. The summed E-state index contributed by atoms with van der Waals surface area (Å²) >= 11 is 0. The fourth-order valence-electron chi connectivity index (χ4n) is 2.99. The number of nitrogens with one attached hydrogen (secondary N) is 3. The molecule has 1 aliphatic heterocycles. The van der Waals surface area contributed by atoms with Gasteiger partial charge in [-0.3, -0.25) is 9.59 Å². The molecule has 2 heterocycles. The number of aromatic nitrogens is 1. The number of carbonyl (C=O) groups excluding carboxylic acids is 2. The van der Waals surface area contributed by atoms with Crippen molar-refractivity contribution in [2.75, 3.05) is 16.0 Å². The summed E-state index contributed by atoms with van der Waals surface area (Å²) in [6.07, 6.45) is 3.85. The van der Waals surface area contributed by atoms with E-state index in [4.69, 9.17) is 4.52 Å². The standard InChI is InChI=1S/C19H24N4O3/c1-3-4-5-16(19(25)22-17-10-12(2)26-23-17)20-14-7-8-15-13(11-14)6-9-18(24)21-15/h7-8,10-11,16,20H,3-6,9H2,1-2H3,(H,21,24)(H,22,23,25). The zero-order valence-electron chi connectivity index (χ0n) is 15.1. The van der Waals surface area contributed by atoms with E-state index >= 15 is 0 Å². The number of hydrogen-bond acceptors (Lipinski definition) is 5. The van der Waals surface area contributed by atoms with E-state index in [0.717, 1.165) is 29.8 Å². The Balaban J connectivity index is 1.71. The summed E-state index contributed by atoms with van der Waals surface area (Å²) in [5.41, 5.74) is 2.79. The highest BCUT2D eigenvalue weighted by atomic mass is 16.5. The Labute approximate surface area is 152 Å². The molecule has 138 valence electrons. The summed E-state index contributed by atoms with van der Waals surface area (Å²) in [6.45, 7) is 3.87. The highest BCUT2D eigenvalue weighted by molar-refractivity contribution is 5.96. The largest absolute Gasteiger partial charge is 0.374 e. The van der Waals surface area contributed by atoms with Gasteiger partial charge in [0.2, 0.25) is 11.8 Å². The molecule has 0 saturated heterocycles. The Bertz CT molecular complexity index is 800. The van der Waals surface area contributed by atoms with Crippen LogP contribution in [0, 0.1) is 6.92 Å². The average Bonchev–Trinajstić information content (AvgIpc) is 3.03. The number of carbonyl (C=O) groups is 2. The van der Waals surface area contributed by atoms with Crippen LogP contribution in [0.1, 0.15) is 43.9 Å². The molecule has 0 bridgehead atoms. The van der Waals surface area contributed by atoms with E-state index in [1.165, 1.54) is 0 Å². The van der Waals surface area contributed by atoms with E-state index in [-0.39, 0.29) is 17.9 Å². The Hall–Kier alpha value is -2.83. The molecule has 3 rings (SSSR count). The highest BCUT2D eigenvalue weighted by Crippen LogP contribution is 2.26. The maximum absolute atomic E-state index is 12.7. The summed E-state index contributed by atoms with van der Waals surface area (Å²) in [6, 6.07) is 7.09. The van der Waals surface area contributed by atoms with Gasteiger partial charge >= 0.3 is 0 Å². The van der Waals surface area contributed by atoms with Crippen LogP contribution in [0.15, 0.2) is 28.8 Å². The highest BCUT2D eigenvalue weighted by Gasteiger charge is 2.21. The first kappa shape index (κ1) is 18.0. The fourth-order valence-corrected chi connectivity index (χ4v) is 2.99. The normalized spacial score (nSPS) is 14.3. The molecule has 7 nitrogen and oxygen atoms in total. The number of amides is 2. The molecule has 0 saturated carbocycles. The molecule has 0 radical (unpaired) electrons. The fraction of sp³-hybridized carbons (Fsp3) is 0.421. The molecular formula is C19H24N4O3. The van der Waals surface area contributed by atoms with Gasteiger partial charge < -0.3 is 20.5 Å².